The highest BCUT2D eigenvalue weighted by Crippen LogP contribution is 2.12. The molecule has 0 spiro atoms. The van der Waals surface area contributed by atoms with Gasteiger partial charge in [-0.25, -0.2) is 0 Å². The first-order valence-electron chi connectivity index (χ1n) is 9.24. The van der Waals surface area contributed by atoms with Gasteiger partial charge in [0.1, 0.15) is 11.6 Å². The number of carbonyl (C=O) groups is 2. The highest BCUT2D eigenvalue weighted by atomic mass is 16.1. The molecule has 0 heterocycles. The number of Topliss-reactive ketones (excluding diaryl/α,β-unsaturated/α-hetero) is 2. The van der Waals surface area contributed by atoms with Crippen LogP contribution in [0.3, 0.4) is 0 Å². The van der Waals surface area contributed by atoms with Gasteiger partial charge in [0.05, 0.1) is 0 Å². The van der Waals surface area contributed by atoms with Crippen molar-refractivity contribution in [3.8, 4) is 0 Å². The standard InChI is InChI=1S/2C6H10O.C3H8.2C2H6/c2*7-6-4-2-1-3-5-6;1-3-2;2*1-2/h2*1-5H2;3H2,1-2H3;2*1-2H3. The monoisotopic (exact) mass is 300 g/mol. The fourth-order valence-corrected chi connectivity index (χ4v) is 1.89. The van der Waals surface area contributed by atoms with Crippen LogP contribution in [0, 0.1) is 0 Å². The summed E-state index contributed by atoms with van der Waals surface area (Å²) in [6.07, 6.45) is 11.7. The summed E-state index contributed by atoms with van der Waals surface area (Å²) < 4.78 is 0. The molecular formula is C19H40O2. The van der Waals surface area contributed by atoms with Gasteiger partial charge in [0, 0.05) is 25.7 Å². The van der Waals surface area contributed by atoms with Crippen LogP contribution in [0.15, 0.2) is 0 Å². The minimum Gasteiger partial charge on any atom is -0.300 e. The average molecular weight is 301 g/mol. The summed E-state index contributed by atoms with van der Waals surface area (Å²) in [5, 5.41) is 0. The van der Waals surface area contributed by atoms with Gasteiger partial charge in [-0.05, 0) is 25.7 Å². The first-order chi connectivity index (χ1) is 10.2. The summed E-state index contributed by atoms with van der Waals surface area (Å²) in [5.74, 6) is 0.928. The molecule has 2 saturated carbocycles. The maximum atomic E-state index is 10.5. The van der Waals surface area contributed by atoms with Crippen molar-refractivity contribution in [2.75, 3.05) is 0 Å². The molecule has 0 amide bonds. The summed E-state index contributed by atoms with van der Waals surface area (Å²) in [6.45, 7) is 12.2. The second-order valence-corrected chi connectivity index (χ2v) is 4.91. The van der Waals surface area contributed by atoms with E-state index in [1.807, 2.05) is 27.7 Å². The first kappa shape index (κ1) is 25.3. The zero-order valence-electron chi connectivity index (χ0n) is 15.6. The van der Waals surface area contributed by atoms with E-state index in [9.17, 15) is 9.59 Å². The molecule has 0 aromatic heterocycles. The Balaban J connectivity index is -0.000000219. The highest BCUT2D eigenvalue weighted by Gasteiger charge is 2.06. The summed E-state index contributed by atoms with van der Waals surface area (Å²) in [6, 6.07) is 0. The molecule has 0 aromatic carbocycles. The molecule has 2 heteroatoms. The van der Waals surface area contributed by atoms with E-state index in [2.05, 4.69) is 13.8 Å². The predicted octanol–water partition coefficient (Wildman–Crippen LogP) is 6.51. The van der Waals surface area contributed by atoms with Crippen molar-refractivity contribution in [1.29, 1.82) is 0 Å². The Morgan fingerprint density at radius 1 is 0.571 bits per heavy atom. The Morgan fingerprint density at radius 2 is 0.762 bits per heavy atom. The lowest BCUT2D eigenvalue weighted by molar-refractivity contribution is -0.121. The van der Waals surface area contributed by atoms with Crippen LogP contribution in [-0.2, 0) is 9.59 Å². The molecule has 0 aromatic rings. The minimum atomic E-state index is 0.464. The quantitative estimate of drug-likeness (QED) is 0.511. The predicted molar refractivity (Wildman–Crippen MR) is 94.8 cm³/mol. The molecule has 21 heavy (non-hydrogen) atoms. The van der Waals surface area contributed by atoms with E-state index in [0.717, 1.165) is 51.4 Å². The van der Waals surface area contributed by atoms with E-state index in [-0.39, 0.29) is 0 Å². The lowest BCUT2D eigenvalue weighted by Gasteiger charge is -2.05. The van der Waals surface area contributed by atoms with Gasteiger partial charge in [-0.3, -0.25) is 9.59 Å². The maximum absolute atomic E-state index is 10.5. The first-order valence-corrected chi connectivity index (χ1v) is 9.24. The molecular weight excluding hydrogens is 260 g/mol. The van der Waals surface area contributed by atoms with Crippen molar-refractivity contribution < 1.29 is 9.59 Å². The normalized spacial score (nSPS) is 16.5. The largest absolute Gasteiger partial charge is 0.300 e. The van der Waals surface area contributed by atoms with Crippen LogP contribution < -0.4 is 0 Å². The van der Waals surface area contributed by atoms with Crippen LogP contribution in [0.4, 0.5) is 0 Å². The fourth-order valence-electron chi connectivity index (χ4n) is 1.89. The zero-order chi connectivity index (χ0) is 16.9. The molecule has 0 saturated heterocycles. The highest BCUT2D eigenvalue weighted by molar-refractivity contribution is 5.79. The van der Waals surface area contributed by atoms with Gasteiger partial charge in [-0.15, -0.1) is 0 Å². The number of hydrogen-bond acceptors (Lipinski definition) is 2. The van der Waals surface area contributed by atoms with Crippen molar-refractivity contribution in [1.82, 2.24) is 0 Å². The molecule has 0 atom stereocenters. The third kappa shape index (κ3) is 24.7. The molecule has 2 nitrogen and oxygen atoms in total. The van der Waals surface area contributed by atoms with Gasteiger partial charge in [-0.1, -0.05) is 60.8 Å². The van der Waals surface area contributed by atoms with Crippen LogP contribution in [-0.4, -0.2) is 11.6 Å². The molecule has 0 bridgehead atoms. The molecule has 2 aliphatic rings. The number of hydrogen-bond donors (Lipinski definition) is 0. The molecule has 2 rings (SSSR count). The SMILES string of the molecule is CC.CC.CCC.O=C1CCCCC1.O=C1CCCCC1. The second kappa shape index (κ2) is 24.4. The van der Waals surface area contributed by atoms with Gasteiger partial charge < -0.3 is 0 Å². The van der Waals surface area contributed by atoms with Crippen LogP contribution in [0.1, 0.15) is 112 Å². The summed E-state index contributed by atoms with van der Waals surface area (Å²) in [5.41, 5.74) is 0. The van der Waals surface area contributed by atoms with Gasteiger partial charge in [-0.2, -0.15) is 0 Å². The van der Waals surface area contributed by atoms with Gasteiger partial charge >= 0.3 is 0 Å². The summed E-state index contributed by atoms with van der Waals surface area (Å²) in [7, 11) is 0. The molecule has 128 valence electrons. The van der Waals surface area contributed by atoms with E-state index in [1.54, 1.807) is 0 Å². The second-order valence-electron chi connectivity index (χ2n) is 4.91. The van der Waals surface area contributed by atoms with Gasteiger partial charge in [0.15, 0.2) is 0 Å². The summed E-state index contributed by atoms with van der Waals surface area (Å²) >= 11 is 0. The molecule has 0 N–H and O–H groups in total. The van der Waals surface area contributed by atoms with Crippen LogP contribution in [0.25, 0.3) is 0 Å². The lowest BCUT2D eigenvalue weighted by Crippen LogP contribution is -2.02. The Bertz CT molecular complexity index is 172. The van der Waals surface area contributed by atoms with E-state index in [1.165, 1.54) is 19.3 Å². The Kier molecular flexibility index (Phi) is 29.4. The maximum Gasteiger partial charge on any atom is 0.132 e. The third-order valence-corrected chi connectivity index (χ3v) is 2.82. The Hall–Kier alpha value is -0.660. The van der Waals surface area contributed by atoms with E-state index in [0.29, 0.717) is 11.6 Å². The van der Waals surface area contributed by atoms with Crippen LogP contribution >= 0.6 is 0 Å². The average Bonchev–Trinajstić information content (AvgIpc) is 2.54. The fraction of sp³-hybridized carbons (Fsp3) is 0.895. The topological polar surface area (TPSA) is 34.1 Å². The van der Waals surface area contributed by atoms with Crippen molar-refractivity contribution >= 4 is 11.6 Å². The Labute approximate surface area is 134 Å². The number of rotatable bonds is 0. The summed E-state index contributed by atoms with van der Waals surface area (Å²) in [4.78, 5) is 20.9. The van der Waals surface area contributed by atoms with E-state index < -0.39 is 0 Å². The van der Waals surface area contributed by atoms with E-state index in [4.69, 9.17) is 0 Å². The third-order valence-electron chi connectivity index (χ3n) is 2.82. The van der Waals surface area contributed by atoms with Gasteiger partial charge in [0.25, 0.3) is 0 Å². The molecule has 2 fully saturated rings. The Morgan fingerprint density at radius 3 is 0.857 bits per heavy atom. The number of carbonyl (C=O) groups excluding carboxylic acids is 2. The van der Waals surface area contributed by atoms with Crippen LogP contribution in [0.5, 0.6) is 0 Å². The lowest BCUT2D eigenvalue weighted by atomic mass is 10.00. The van der Waals surface area contributed by atoms with Crippen molar-refractivity contribution in [2.45, 2.75) is 112 Å². The molecule has 0 radical (unpaired) electrons. The zero-order valence-corrected chi connectivity index (χ0v) is 15.6. The van der Waals surface area contributed by atoms with Crippen LogP contribution in [0.2, 0.25) is 0 Å². The van der Waals surface area contributed by atoms with Crippen molar-refractivity contribution in [2.24, 2.45) is 0 Å². The van der Waals surface area contributed by atoms with E-state index >= 15 is 0 Å². The molecule has 0 aliphatic heterocycles. The number of ketones is 2. The molecule has 2 aliphatic carbocycles. The van der Waals surface area contributed by atoms with Crippen molar-refractivity contribution in [3.05, 3.63) is 0 Å². The molecule has 0 unspecified atom stereocenters. The minimum absolute atomic E-state index is 0.464. The van der Waals surface area contributed by atoms with Crippen molar-refractivity contribution in [3.63, 3.8) is 0 Å². The van der Waals surface area contributed by atoms with Gasteiger partial charge in [0.2, 0.25) is 0 Å². The smallest absolute Gasteiger partial charge is 0.132 e.